The van der Waals surface area contributed by atoms with Crippen LogP contribution in [0.5, 0.6) is 0 Å². The second-order valence-electron chi connectivity index (χ2n) is 11.3. The molecule has 0 fully saturated rings. The van der Waals surface area contributed by atoms with Crippen LogP contribution in [0.15, 0.2) is 192 Å². The Morgan fingerprint density at radius 1 is 0.346 bits per heavy atom. The summed E-state index contributed by atoms with van der Waals surface area (Å²) in [5, 5.41) is -4.55. The lowest BCUT2D eigenvalue weighted by Gasteiger charge is -2.19. The number of fused-ring (bicyclic) bond motifs is 5. The molecule has 9 aromatic carbocycles. The van der Waals surface area contributed by atoms with Gasteiger partial charge in [0.25, 0.3) is 0 Å². The van der Waals surface area contributed by atoms with Crippen LogP contribution in [0.3, 0.4) is 0 Å². The molecule has 0 bridgehead atoms. The lowest BCUT2D eigenvalue weighted by atomic mass is 9.83. The molecule has 1 heteroatoms. The minimum absolute atomic E-state index is 0.343. The first-order chi connectivity index (χ1) is 38.6. The van der Waals surface area contributed by atoms with Gasteiger partial charge in [0.15, 0.2) is 0 Å². The van der Waals surface area contributed by atoms with Crippen LogP contribution in [-0.2, 0) is 0 Å². The summed E-state index contributed by atoms with van der Waals surface area (Å²) in [6.45, 7) is 1.19. The van der Waals surface area contributed by atoms with E-state index >= 15 is 0 Å². The first-order valence-electron chi connectivity index (χ1n) is 30.9. The fourth-order valence-corrected chi connectivity index (χ4v) is 6.20. The van der Waals surface area contributed by atoms with Crippen molar-refractivity contribution < 1.29 is 46.9 Å². The van der Waals surface area contributed by atoms with Crippen molar-refractivity contribution in [3.05, 3.63) is 193 Å². The Morgan fingerprint density at radius 3 is 1.52 bits per heavy atom. The molecular weight excluding hydrogens is 629 g/mol. The van der Waals surface area contributed by atoms with Gasteiger partial charge in [0.2, 0.25) is 0 Å². The molecule has 1 nitrogen and oxygen atoms in total. The maximum atomic E-state index is 10.2. The topological polar surface area (TPSA) is 13.1 Å². The number of benzene rings is 9. The summed E-state index contributed by atoms with van der Waals surface area (Å²) >= 11 is 0. The summed E-state index contributed by atoms with van der Waals surface area (Å²) in [6, 6.07) is -31.0. The van der Waals surface area contributed by atoms with Crippen LogP contribution in [0.1, 0.15) is 48.1 Å². The Balaban J connectivity index is 1.67. The van der Waals surface area contributed by atoms with E-state index < -0.39 is 286 Å². The average Bonchev–Trinajstić information content (AvgIpc) is 4.04. The lowest BCUT2D eigenvalue weighted by Crippen LogP contribution is -1.92. The van der Waals surface area contributed by atoms with E-state index in [1.54, 1.807) is 0 Å². The number of rotatable bonds is 5. The molecule has 0 aliphatic heterocycles. The molecule has 1 aromatic heterocycles. The predicted octanol–water partition coefficient (Wildman–Crippen LogP) is 14.5. The van der Waals surface area contributed by atoms with Gasteiger partial charge in [-0.25, -0.2) is 0 Å². The second kappa shape index (κ2) is 12.3. The maximum absolute atomic E-state index is 10.2. The van der Waals surface area contributed by atoms with Crippen molar-refractivity contribution in [2.24, 2.45) is 0 Å². The molecule has 0 spiro atoms. The van der Waals surface area contributed by atoms with Crippen molar-refractivity contribution in [1.82, 2.24) is 0 Å². The third kappa shape index (κ3) is 4.86. The van der Waals surface area contributed by atoms with Crippen molar-refractivity contribution in [1.29, 1.82) is 0 Å². The van der Waals surface area contributed by atoms with Crippen LogP contribution in [0.25, 0.3) is 99.1 Å². The zero-order chi connectivity index (χ0) is 61.6. The summed E-state index contributed by atoms with van der Waals surface area (Å²) in [5.41, 5.74) is -10.6. The van der Waals surface area contributed by atoms with Crippen LogP contribution in [-0.4, -0.2) is 0 Å². The highest BCUT2D eigenvalue weighted by molar-refractivity contribution is 6.27. The van der Waals surface area contributed by atoms with Crippen LogP contribution in [0.2, 0.25) is 0 Å². The molecular formula is C51H34O. The van der Waals surface area contributed by atoms with Gasteiger partial charge in [-0.15, -0.1) is 0 Å². The largest absolute Gasteiger partial charge is 0.455 e. The van der Waals surface area contributed by atoms with Crippen LogP contribution in [0.4, 0.5) is 0 Å². The zero-order valence-corrected chi connectivity index (χ0v) is 26.4. The molecule has 1 heterocycles. The quantitative estimate of drug-likeness (QED) is 0.164. The third-order valence-corrected chi connectivity index (χ3v) is 8.30. The van der Waals surface area contributed by atoms with E-state index in [4.69, 9.17) is 33.2 Å². The monoisotopic (exact) mass is 693 g/mol. The van der Waals surface area contributed by atoms with Crippen molar-refractivity contribution in [3.63, 3.8) is 0 Å². The lowest BCUT2D eigenvalue weighted by molar-refractivity contribution is 0.671. The Kier molecular flexibility index (Phi) is 2.88. The summed E-state index contributed by atoms with van der Waals surface area (Å²) in [5.74, 6) is 0. The fourth-order valence-electron chi connectivity index (χ4n) is 6.20. The van der Waals surface area contributed by atoms with Gasteiger partial charge >= 0.3 is 0 Å². The minimum atomic E-state index is -1.16. The molecule has 0 saturated carbocycles. The van der Waals surface area contributed by atoms with Gasteiger partial charge in [-0.1, -0.05) is 175 Å². The van der Waals surface area contributed by atoms with Gasteiger partial charge in [0.05, 0.1) is 42.5 Å². The van der Waals surface area contributed by atoms with Gasteiger partial charge in [-0.05, 0) is 91.1 Å². The molecule has 0 N–H and O–H groups in total. The summed E-state index contributed by atoms with van der Waals surface area (Å²) in [7, 11) is 0. The number of hydrogen-bond donors (Lipinski definition) is 0. The summed E-state index contributed by atoms with van der Waals surface area (Å²) in [4.78, 5) is 0. The van der Waals surface area contributed by atoms with E-state index in [2.05, 4.69) is 0 Å². The molecule has 52 heavy (non-hydrogen) atoms. The first-order valence-corrected chi connectivity index (χ1v) is 15.4. The van der Waals surface area contributed by atoms with E-state index in [1.165, 1.54) is 6.92 Å². The number of furan rings is 1. The van der Waals surface area contributed by atoms with Crippen LogP contribution < -0.4 is 0 Å². The molecule has 0 amide bonds. The first kappa shape index (κ1) is 12.2. The van der Waals surface area contributed by atoms with E-state index in [1.807, 2.05) is 0 Å². The molecule has 0 saturated heterocycles. The van der Waals surface area contributed by atoms with Crippen molar-refractivity contribution in [2.75, 3.05) is 0 Å². The van der Waals surface area contributed by atoms with Crippen molar-refractivity contribution in [3.8, 4) is 55.6 Å². The minimum Gasteiger partial charge on any atom is -0.455 e. The van der Waals surface area contributed by atoms with Crippen molar-refractivity contribution in [2.45, 2.75) is 6.92 Å². The van der Waals surface area contributed by atoms with E-state index in [9.17, 15) is 13.7 Å². The molecule has 0 aliphatic rings. The van der Waals surface area contributed by atoms with Crippen LogP contribution in [0, 0.1) is 6.92 Å². The SMILES string of the molecule is [2H]c1c([2H])c([2H])c(-c2c([2H])c(-c3c([2H])c([2H])c([2H])c([2H])c3[2H])c3oc4c(-c5c([2H])c([2H])c([2H])c([2H])c5[2H])c([2H])c([2H])c(-c5c6c([2H])c([2H])c([2H])c([2H])c6c(-c6c([2H])c([2H])c([2H])c([2H])c6[2H])c6c([2H])c([2H])c(C)c([2H])c56)c4c3c2[2H])c([2H])c1[2H]. The maximum Gasteiger partial charge on any atom is 0.143 e. The van der Waals surface area contributed by atoms with Gasteiger partial charge in [-0.2, -0.15) is 0 Å². The Labute approximate surface area is 346 Å². The average molecular weight is 694 g/mol. The van der Waals surface area contributed by atoms with E-state index in [-0.39, 0.29) is 5.56 Å². The smallest absolute Gasteiger partial charge is 0.143 e. The predicted molar refractivity (Wildman–Crippen MR) is 221 cm³/mol. The molecule has 10 aromatic rings. The summed E-state index contributed by atoms with van der Waals surface area (Å²) in [6.07, 6.45) is 0. The van der Waals surface area contributed by atoms with E-state index in [0.717, 1.165) is 0 Å². The highest BCUT2D eigenvalue weighted by Crippen LogP contribution is 2.50. The zero-order valence-electron chi connectivity index (χ0n) is 57.4. The Hall–Kier alpha value is -6.70. The van der Waals surface area contributed by atoms with Gasteiger partial charge in [-0.3, -0.25) is 0 Å². The molecule has 0 unspecified atom stereocenters. The van der Waals surface area contributed by atoms with E-state index in [0.29, 0.717) is 0 Å². The normalized spacial score (nSPS) is 19.9. The standard InChI is InChI=1S/C51H34O/c1-33-26-27-42-45(30-33)48(41-25-15-14-24-40(41)47(42)37-22-12-5-13-23-37)43-29-28-39(35-18-8-3-9-19-35)51-49(43)46-32-38(34-16-6-2-7-17-34)31-44(50(46)52-51)36-20-10-4-11-21-36/h2-32H,1H3/i2D,3D,4D,5D,6D,7D,8D,9D,10D,11D,12D,13D,14D,15D,16D,17D,18D,19D,20D,21D,22D,23D,24D,25D,26D,27D,28D,29D,30D,31D,32D. The Bertz CT molecular complexity index is 4550. The summed E-state index contributed by atoms with van der Waals surface area (Å²) < 4.78 is 289. The highest BCUT2D eigenvalue weighted by atomic mass is 16.3. The fraction of sp³-hybridized carbons (Fsp3) is 0.0196. The molecule has 0 atom stereocenters. The Morgan fingerprint density at radius 2 is 0.865 bits per heavy atom. The molecule has 10 rings (SSSR count). The van der Waals surface area contributed by atoms with Gasteiger partial charge in [0.1, 0.15) is 11.2 Å². The van der Waals surface area contributed by atoms with Crippen molar-refractivity contribution >= 4 is 43.5 Å². The van der Waals surface area contributed by atoms with Gasteiger partial charge in [0, 0.05) is 21.9 Å². The second-order valence-corrected chi connectivity index (χ2v) is 11.3. The van der Waals surface area contributed by atoms with Crippen LogP contribution >= 0.6 is 0 Å². The number of hydrogen-bond acceptors (Lipinski definition) is 1. The van der Waals surface area contributed by atoms with Gasteiger partial charge < -0.3 is 4.42 Å². The highest BCUT2D eigenvalue weighted by Gasteiger charge is 2.24. The molecule has 244 valence electrons. The molecule has 0 aliphatic carbocycles. The third-order valence-electron chi connectivity index (χ3n) is 8.30. The molecule has 0 radical (unpaired) electrons.